The Labute approximate surface area is 90.2 Å². The Morgan fingerprint density at radius 3 is 2.60 bits per heavy atom. The molecule has 0 aliphatic rings. The summed E-state index contributed by atoms with van der Waals surface area (Å²) in [4.78, 5) is 11.0. The van der Waals surface area contributed by atoms with Crippen molar-refractivity contribution < 1.29 is 9.53 Å². The highest BCUT2D eigenvalue weighted by Gasteiger charge is 2.11. The Bertz CT molecular complexity index is 356. The molecule has 0 spiro atoms. The molecule has 0 aliphatic heterocycles. The molecule has 84 valence electrons. The highest BCUT2D eigenvalue weighted by Crippen LogP contribution is 2.15. The predicted octanol–water partition coefficient (Wildman–Crippen LogP) is 1.63. The molecule has 0 fully saturated rings. The number of carbonyl (C=O) groups excluding carboxylic acids is 1. The molecule has 4 nitrogen and oxygen atoms in total. The first-order valence-corrected chi connectivity index (χ1v) is 5.19. The molecule has 1 rings (SSSR count). The van der Waals surface area contributed by atoms with Gasteiger partial charge in [0.1, 0.15) is 0 Å². The summed E-state index contributed by atoms with van der Waals surface area (Å²) in [6.07, 6.45) is 1.14. The average Bonchev–Trinajstić information content (AvgIpc) is 2.51. The second-order valence-electron chi connectivity index (χ2n) is 3.54. The van der Waals surface area contributed by atoms with Crippen LogP contribution in [-0.2, 0) is 22.5 Å². The highest BCUT2D eigenvalue weighted by molar-refractivity contribution is 5.69. The lowest BCUT2D eigenvalue weighted by atomic mass is 10.1. The Kier molecular flexibility index (Phi) is 3.88. The van der Waals surface area contributed by atoms with Crippen LogP contribution in [0.3, 0.4) is 0 Å². The van der Waals surface area contributed by atoms with E-state index in [0.717, 1.165) is 17.9 Å². The quantitative estimate of drug-likeness (QED) is 0.709. The van der Waals surface area contributed by atoms with Gasteiger partial charge in [-0.05, 0) is 32.8 Å². The molecule has 0 atom stereocenters. The molecule has 0 saturated heterocycles. The maximum absolute atomic E-state index is 11.0. The normalized spacial score (nSPS) is 10.4. The summed E-state index contributed by atoms with van der Waals surface area (Å²) >= 11 is 0. The van der Waals surface area contributed by atoms with Gasteiger partial charge in [-0.3, -0.25) is 9.48 Å². The van der Waals surface area contributed by atoms with Gasteiger partial charge in [0.2, 0.25) is 0 Å². The number of nitrogens with zero attached hydrogens (tertiary/aromatic N) is 2. The Morgan fingerprint density at radius 2 is 2.13 bits per heavy atom. The number of rotatable bonds is 4. The summed E-state index contributed by atoms with van der Waals surface area (Å²) in [7, 11) is 1.41. The van der Waals surface area contributed by atoms with Crippen molar-refractivity contribution in [3.8, 4) is 0 Å². The molecule has 1 aromatic rings. The van der Waals surface area contributed by atoms with E-state index in [1.165, 1.54) is 12.7 Å². The van der Waals surface area contributed by atoms with Gasteiger partial charge in [-0.15, -0.1) is 0 Å². The third kappa shape index (κ3) is 2.58. The predicted molar refractivity (Wildman–Crippen MR) is 57.7 cm³/mol. The Balaban J connectivity index is 2.76. The first-order valence-electron chi connectivity index (χ1n) is 5.19. The number of hydrogen-bond acceptors (Lipinski definition) is 3. The second kappa shape index (κ2) is 4.96. The van der Waals surface area contributed by atoms with Crippen LogP contribution in [0, 0.1) is 13.8 Å². The van der Waals surface area contributed by atoms with E-state index in [2.05, 4.69) is 16.8 Å². The first-order chi connectivity index (χ1) is 7.10. The average molecular weight is 210 g/mol. The molecular formula is C11H18N2O2. The molecule has 0 N–H and O–H groups in total. The van der Waals surface area contributed by atoms with Crippen LogP contribution in [0.25, 0.3) is 0 Å². The smallest absolute Gasteiger partial charge is 0.305 e. The van der Waals surface area contributed by atoms with Crippen LogP contribution in [0.4, 0.5) is 0 Å². The fourth-order valence-electron chi connectivity index (χ4n) is 1.73. The van der Waals surface area contributed by atoms with E-state index < -0.39 is 0 Å². The molecule has 0 aromatic carbocycles. The van der Waals surface area contributed by atoms with Crippen molar-refractivity contribution in [2.45, 2.75) is 40.2 Å². The fraction of sp³-hybridized carbons (Fsp3) is 0.636. The summed E-state index contributed by atoms with van der Waals surface area (Å²) in [5, 5.41) is 4.40. The van der Waals surface area contributed by atoms with Crippen molar-refractivity contribution in [2.75, 3.05) is 7.11 Å². The standard InChI is InChI=1S/C11H18N2O2/c1-5-13-9(3)10(8(2)12-13)6-7-11(14)15-4/h5-7H2,1-4H3. The Morgan fingerprint density at radius 1 is 1.47 bits per heavy atom. The van der Waals surface area contributed by atoms with Gasteiger partial charge in [-0.25, -0.2) is 0 Å². The van der Waals surface area contributed by atoms with Crippen molar-refractivity contribution in [1.29, 1.82) is 0 Å². The van der Waals surface area contributed by atoms with Gasteiger partial charge in [0.15, 0.2) is 0 Å². The molecule has 1 heterocycles. The third-order valence-corrected chi connectivity index (χ3v) is 2.64. The van der Waals surface area contributed by atoms with Crippen LogP contribution < -0.4 is 0 Å². The summed E-state index contributed by atoms with van der Waals surface area (Å²) in [5.41, 5.74) is 3.33. The van der Waals surface area contributed by atoms with E-state index in [-0.39, 0.29) is 5.97 Å². The van der Waals surface area contributed by atoms with Crippen LogP contribution in [0.15, 0.2) is 0 Å². The number of aryl methyl sites for hydroxylation is 2. The van der Waals surface area contributed by atoms with Crippen LogP contribution in [0.1, 0.15) is 30.3 Å². The topological polar surface area (TPSA) is 44.1 Å². The summed E-state index contributed by atoms with van der Waals surface area (Å²) in [6, 6.07) is 0. The van der Waals surface area contributed by atoms with Gasteiger partial charge >= 0.3 is 5.97 Å². The summed E-state index contributed by atoms with van der Waals surface area (Å²) in [5.74, 6) is -0.168. The number of hydrogen-bond donors (Lipinski definition) is 0. The van der Waals surface area contributed by atoms with Gasteiger partial charge in [0, 0.05) is 18.7 Å². The maximum atomic E-state index is 11.0. The summed E-state index contributed by atoms with van der Waals surface area (Å²) in [6.45, 7) is 6.94. The highest BCUT2D eigenvalue weighted by atomic mass is 16.5. The van der Waals surface area contributed by atoms with Gasteiger partial charge in [0.25, 0.3) is 0 Å². The molecule has 0 amide bonds. The maximum Gasteiger partial charge on any atom is 0.305 e. The zero-order valence-corrected chi connectivity index (χ0v) is 9.83. The lowest BCUT2D eigenvalue weighted by molar-refractivity contribution is -0.140. The van der Waals surface area contributed by atoms with Crippen molar-refractivity contribution in [3.63, 3.8) is 0 Å². The zero-order chi connectivity index (χ0) is 11.4. The minimum absolute atomic E-state index is 0.168. The minimum atomic E-state index is -0.168. The molecule has 15 heavy (non-hydrogen) atoms. The van der Waals surface area contributed by atoms with Crippen LogP contribution in [0.2, 0.25) is 0 Å². The molecule has 0 saturated carbocycles. The van der Waals surface area contributed by atoms with E-state index in [9.17, 15) is 4.79 Å². The first kappa shape index (κ1) is 11.8. The van der Waals surface area contributed by atoms with Gasteiger partial charge in [-0.1, -0.05) is 0 Å². The van der Waals surface area contributed by atoms with Gasteiger partial charge in [0.05, 0.1) is 12.8 Å². The molecular weight excluding hydrogens is 192 g/mol. The molecule has 0 radical (unpaired) electrons. The SMILES string of the molecule is CCn1nc(C)c(CCC(=O)OC)c1C. The van der Waals surface area contributed by atoms with E-state index in [1.807, 2.05) is 18.5 Å². The number of aromatic nitrogens is 2. The number of esters is 1. The van der Waals surface area contributed by atoms with Gasteiger partial charge in [-0.2, -0.15) is 5.10 Å². The van der Waals surface area contributed by atoms with Crippen LogP contribution in [0.5, 0.6) is 0 Å². The molecule has 0 unspecified atom stereocenters. The third-order valence-electron chi connectivity index (χ3n) is 2.64. The number of carbonyl (C=O) groups is 1. The molecule has 1 aromatic heterocycles. The van der Waals surface area contributed by atoms with Crippen LogP contribution >= 0.6 is 0 Å². The van der Waals surface area contributed by atoms with E-state index >= 15 is 0 Å². The monoisotopic (exact) mass is 210 g/mol. The lowest BCUT2D eigenvalue weighted by Gasteiger charge is -2.02. The van der Waals surface area contributed by atoms with Crippen molar-refractivity contribution in [2.24, 2.45) is 0 Å². The largest absolute Gasteiger partial charge is 0.469 e. The molecule has 0 bridgehead atoms. The second-order valence-corrected chi connectivity index (χ2v) is 3.54. The van der Waals surface area contributed by atoms with Crippen molar-refractivity contribution in [3.05, 3.63) is 17.0 Å². The number of ether oxygens (including phenoxy) is 1. The fourth-order valence-corrected chi connectivity index (χ4v) is 1.73. The van der Waals surface area contributed by atoms with Gasteiger partial charge < -0.3 is 4.74 Å². The van der Waals surface area contributed by atoms with Crippen molar-refractivity contribution in [1.82, 2.24) is 9.78 Å². The van der Waals surface area contributed by atoms with Crippen LogP contribution in [-0.4, -0.2) is 22.9 Å². The summed E-state index contributed by atoms with van der Waals surface area (Å²) < 4.78 is 6.58. The zero-order valence-electron chi connectivity index (χ0n) is 9.83. The van der Waals surface area contributed by atoms with E-state index in [4.69, 9.17) is 0 Å². The molecule has 0 aliphatic carbocycles. The Hall–Kier alpha value is -1.32. The lowest BCUT2D eigenvalue weighted by Crippen LogP contribution is -2.03. The molecule has 4 heteroatoms. The number of methoxy groups -OCH3 is 1. The van der Waals surface area contributed by atoms with E-state index in [1.54, 1.807) is 0 Å². The minimum Gasteiger partial charge on any atom is -0.469 e. The van der Waals surface area contributed by atoms with E-state index in [0.29, 0.717) is 12.8 Å². The van der Waals surface area contributed by atoms with Crippen molar-refractivity contribution >= 4 is 5.97 Å².